The molecule has 1 aromatic rings. The summed E-state index contributed by atoms with van der Waals surface area (Å²) in [6.07, 6.45) is 1.77. The van der Waals surface area contributed by atoms with Crippen LogP contribution in [0.15, 0.2) is 23.1 Å². The van der Waals surface area contributed by atoms with E-state index in [1.807, 2.05) is 6.26 Å². The number of carbonyl (C=O) groups excluding carboxylic acids is 1. The molecule has 0 aliphatic heterocycles. The summed E-state index contributed by atoms with van der Waals surface area (Å²) in [5.41, 5.74) is 0. The van der Waals surface area contributed by atoms with Crippen molar-refractivity contribution in [2.45, 2.75) is 37.3 Å². The molecule has 9 heteroatoms. The lowest BCUT2D eigenvalue weighted by Gasteiger charge is -2.19. The van der Waals surface area contributed by atoms with Gasteiger partial charge in [0.15, 0.2) is 0 Å². The number of esters is 1. The Kier molecular flexibility index (Phi) is 7.79. The predicted octanol–water partition coefficient (Wildman–Crippen LogP) is 2.83. The van der Waals surface area contributed by atoms with Crippen molar-refractivity contribution in [2.24, 2.45) is 0 Å². The Balaban J connectivity index is 2.99. The highest BCUT2D eigenvalue weighted by Gasteiger charge is 2.27. The number of benzene rings is 1. The van der Waals surface area contributed by atoms with Crippen LogP contribution in [0.5, 0.6) is 0 Å². The fraction of sp³-hybridized carbons (Fsp3) is 0.500. The third-order valence-electron chi connectivity index (χ3n) is 2.75. The van der Waals surface area contributed by atoms with Gasteiger partial charge in [0, 0.05) is 0 Å². The Morgan fingerprint density at radius 3 is 2.61 bits per heavy atom. The average Bonchev–Trinajstić information content (AvgIpc) is 2.45. The van der Waals surface area contributed by atoms with E-state index in [1.165, 1.54) is 11.8 Å². The maximum atomic E-state index is 13.2. The predicted molar refractivity (Wildman–Crippen MR) is 89.7 cm³/mol. The van der Waals surface area contributed by atoms with E-state index >= 15 is 0 Å². The molecule has 0 fully saturated rings. The highest BCUT2D eigenvalue weighted by molar-refractivity contribution is 7.98. The molecule has 0 spiro atoms. The Bertz CT molecular complexity index is 652. The zero-order valence-corrected chi connectivity index (χ0v) is 15.4. The van der Waals surface area contributed by atoms with Gasteiger partial charge in [-0.2, -0.15) is 16.5 Å². The molecule has 1 aromatic carbocycles. The van der Waals surface area contributed by atoms with Gasteiger partial charge in [0.05, 0.1) is 16.0 Å². The van der Waals surface area contributed by atoms with Crippen molar-refractivity contribution in [1.82, 2.24) is 4.72 Å². The highest BCUT2D eigenvalue weighted by atomic mass is 35.5. The molecule has 130 valence electrons. The summed E-state index contributed by atoms with van der Waals surface area (Å²) in [5, 5.41) is -0.307. The van der Waals surface area contributed by atoms with E-state index in [4.69, 9.17) is 16.3 Å². The monoisotopic (exact) mass is 383 g/mol. The van der Waals surface area contributed by atoms with Gasteiger partial charge in [0.1, 0.15) is 11.9 Å². The van der Waals surface area contributed by atoms with Crippen molar-refractivity contribution < 1.29 is 22.3 Å². The van der Waals surface area contributed by atoms with Crippen LogP contribution in [0, 0.1) is 5.82 Å². The van der Waals surface area contributed by atoms with Crippen LogP contribution in [0.3, 0.4) is 0 Å². The van der Waals surface area contributed by atoms with E-state index in [2.05, 4.69) is 4.72 Å². The number of ether oxygens (including phenoxy) is 1. The molecule has 0 aliphatic carbocycles. The van der Waals surface area contributed by atoms with E-state index in [9.17, 15) is 17.6 Å². The number of hydrogen-bond donors (Lipinski definition) is 1. The zero-order chi connectivity index (χ0) is 17.6. The van der Waals surface area contributed by atoms with Crippen LogP contribution in [-0.4, -0.2) is 38.5 Å². The minimum absolute atomic E-state index is 0.213. The Hall–Kier alpha value is -0.830. The van der Waals surface area contributed by atoms with Crippen LogP contribution in [0.4, 0.5) is 4.39 Å². The smallest absolute Gasteiger partial charge is 0.324 e. The third kappa shape index (κ3) is 6.29. The first-order valence-electron chi connectivity index (χ1n) is 6.84. The van der Waals surface area contributed by atoms with Gasteiger partial charge in [-0.15, -0.1) is 0 Å². The number of thioether (sulfide) groups is 1. The number of nitrogens with one attached hydrogen (secondary N) is 1. The van der Waals surface area contributed by atoms with Crippen LogP contribution in [0.2, 0.25) is 5.02 Å². The van der Waals surface area contributed by atoms with E-state index in [-0.39, 0.29) is 22.4 Å². The zero-order valence-electron chi connectivity index (χ0n) is 13.0. The molecule has 5 nitrogen and oxygen atoms in total. The van der Waals surface area contributed by atoms with Gasteiger partial charge in [-0.05, 0) is 50.5 Å². The number of rotatable bonds is 8. The second kappa shape index (κ2) is 8.86. The summed E-state index contributed by atoms with van der Waals surface area (Å²) in [5.74, 6) is -0.792. The molecule has 0 aromatic heterocycles. The van der Waals surface area contributed by atoms with E-state index in [0.717, 1.165) is 18.2 Å². The minimum Gasteiger partial charge on any atom is -0.462 e. The molecule has 0 amide bonds. The topological polar surface area (TPSA) is 72.5 Å². The average molecular weight is 384 g/mol. The minimum atomic E-state index is -4.02. The normalized spacial score (nSPS) is 13.1. The maximum Gasteiger partial charge on any atom is 0.324 e. The molecular weight excluding hydrogens is 365 g/mol. The van der Waals surface area contributed by atoms with Gasteiger partial charge < -0.3 is 4.74 Å². The lowest BCUT2D eigenvalue weighted by Crippen LogP contribution is -2.42. The van der Waals surface area contributed by atoms with Gasteiger partial charge >= 0.3 is 5.97 Å². The first kappa shape index (κ1) is 20.2. The number of carbonyl (C=O) groups is 1. The lowest BCUT2D eigenvalue weighted by molar-refractivity contribution is -0.149. The van der Waals surface area contributed by atoms with Gasteiger partial charge in [-0.3, -0.25) is 4.79 Å². The summed E-state index contributed by atoms with van der Waals surface area (Å²) in [7, 11) is -4.02. The molecule has 0 radical (unpaired) electrons. The summed E-state index contributed by atoms with van der Waals surface area (Å²) in [6, 6.07) is 2.03. The molecule has 0 saturated heterocycles. The van der Waals surface area contributed by atoms with E-state index < -0.39 is 27.9 Å². The summed E-state index contributed by atoms with van der Waals surface area (Å²) in [4.78, 5) is 11.8. The Labute approximate surface area is 145 Å². The summed E-state index contributed by atoms with van der Waals surface area (Å²) < 4.78 is 45.2. The first-order chi connectivity index (χ1) is 10.7. The summed E-state index contributed by atoms with van der Waals surface area (Å²) in [6.45, 7) is 3.36. The van der Waals surface area contributed by atoms with Gasteiger partial charge in [0.25, 0.3) is 0 Å². The molecule has 0 bridgehead atoms. The molecule has 1 rings (SSSR count). The van der Waals surface area contributed by atoms with Crippen LogP contribution in [0.25, 0.3) is 0 Å². The number of hydrogen-bond acceptors (Lipinski definition) is 5. The van der Waals surface area contributed by atoms with Gasteiger partial charge in [-0.1, -0.05) is 11.6 Å². The standard InChI is InChI=1S/C14H19ClFNO4S2/c1-9(2)21-14(18)13(6-7-22-3)17-23(19,20)10-4-5-12(16)11(15)8-10/h4-5,8-9,13,17H,6-7H2,1-3H3. The lowest BCUT2D eigenvalue weighted by atomic mass is 10.2. The van der Waals surface area contributed by atoms with Gasteiger partial charge in [0.2, 0.25) is 10.0 Å². The van der Waals surface area contributed by atoms with Crippen LogP contribution >= 0.6 is 23.4 Å². The molecule has 0 aliphatic rings. The quantitative estimate of drug-likeness (QED) is 0.699. The first-order valence-corrected chi connectivity index (χ1v) is 10.1. The van der Waals surface area contributed by atoms with Crippen LogP contribution in [0.1, 0.15) is 20.3 Å². The van der Waals surface area contributed by atoms with Crippen molar-refractivity contribution in [3.63, 3.8) is 0 Å². The highest BCUT2D eigenvalue weighted by Crippen LogP contribution is 2.20. The van der Waals surface area contributed by atoms with Crippen molar-refractivity contribution in [2.75, 3.05) is 12.0 Å². The maximum absolute atomic E-state index is 13.2. The fourth-order valence-electron chi connectivity index (χ4n) is 1.67. The van der Waals surface area contributed by atoms with Crippen LogP contribution < -0.4 is 4.72 Å². The second-order valence-electron chi connectivity index (χ2n) is 5.02. The number of sulfonamides is 1. The van der Waals surface area contributed by atoms with E-state index in [0.29, 0.717) is 5.75 Å². The molecule has 0 saturated carbocycles. The molecular formula is C14H19ClFNO4S2. The van der Waals surface area contributed by atoms with Gasteiger partial charge in [-0.25, -0.2) is 12.8 Å². The van der Waals surface area contributed by atoms with E-state index in [1.54, 1.807) is 13.8 Å². The SMILES string of the molecule is CSCCC(NS(=O)(=O)c1ccc(F)c(Cl)c1)C(=O)OC(C)C. The molecule has 23 heavy (non-hydrogen) atoms. The molecule has 1 N–H and O–H groups in total. The molecule has 0 heterocycles. The fourth-order valence-corrected chi connectivity index (χ4v) is 3.64. The molecule has 1 unspecified atom stereocenters. The van der Waals surface area contributed by atoms with Crippen molar-refractivity contribution >= 4 is 39.4 Å². The van der Waals surface area contributed by atoms with Crippen molar-refractivity contribution in [3.05, 3.63) is 29.0 Å². The molecule has 1 atom stereocenters. The van der Waals surface area contributed by atoms with Crippen molar-refractivity contribution in [1.29, 1.82) is 0 Å². The van der Waals surface area contributed by atoms with Crippen molar-refractivity contribution in [3.8, 4) is 0 Å². The number of halogens is 2. The Morgan fingerprint density at radius 1 is 1.43 bits per heavy atom. The third-order valence-corrected chi connectivity index (χ3v) is 5.15. The van der Waals surface area contributed by atoms with Crippen LogP contribution in [-0.2, 0) is 19.6 Å². The largest absolute Gasteiger partial charge is 0.462 e. The summed E-state index contributed by atoms with van der Waals surface area (Å²) >= 11 is 7.09. The second-order valence-corrected chi connectivity index (χ2v) is 8.12. The Morgan fingerprint density at radius 2 is 2.09 bits per heavy atom.